The third-order valence-corrected chi connectivity index (χ3v) is 5.92. The molecule has 2 aromatic heterocycles. The Morgan fingerprint density at radius 3 is 1.29 bits per heavy atom. The summed E-state index contributed by atoms with van der Waals surface area (Å²) in [6.07, 6.45) is 0. The fraction of sp³-hybridized carbons (Fsp3) is 0. The summed E-state index contributed by atoms with van der Waals surface area (Å²) < 4.78 is 0. The summed E-state index contributed by atoms with van der Waals surface area (Å²) in [5, 5.41) is 19.1. The summed E-state index contributed by atoms with van der Waals surface area (Å²) in [6.45, 7) is 15.2. The minimum Gasteiger partial charge on any atom is -0.370 e. The minimum atomic E-state index is -0.129. The fourth-order valence-corrected chi connectivity index (χ4v) is 4.26. The number of rotatable bonds is 2. The SMILES string of the molecule is [C-]#[N+]c1nc2c(nc1[N+]#[C-])N(c1ccccc1)c1nc3cc(C#N)c(C#N)cc3nc1N2c1ccccc1. The van der Waals surface area contributed by atoms with Crippen molar-refractivity contribution in [2.24, 2.45) is 0 Å². The average molecular weight is 488 g/mol. The van der Waals surface area contributed by atoms with Gasteiger partial charge in [0.2, 0.25) is 0 Å². The molecule has 0 spiro atoms. The first-order valence-corrected chi connectivity index (χ1v) is 11.2. The number of nitriles is 2. The van der Waals surface area contributed by atoms with Gasteiger partial charge >= 0.3 is 11.6 Å². The van der Waals surface area contributed by atoms with Crippen molar-refractivity contribution < 1.29 is 0 Å². The molecule has 5 aromatic rings. The molecule has 1 aliphatic heterocycles. The number of anilines is 6. The summed E-state index contributed by atoms with van der Waals surface area (Å²) in [4.78, 5) is 29.2. The van der Waals surface area contributed by atoms with Crippen molar-refractivity contribution >= 4 is 57.3 Å². The molecule has 0 amide bonds. The van der Waals surface area contributed by atoms with Gasteiger partial charge in [-0.2, -0.15) is 10.5 Å². The Morgan fingerprint density at radius 2 is 0.947 bits per heavy atom. The van der Waals surface area contributed by atoms with E-state index in [-0.39, 0.29) is 22.8 Å². The highest BCUT2D eigenvalue weighted by Gasteiger charge is 2.41. The molecule has 38 heavy (non-hydrogen) atoms. The van der Waals surface area contributed by atoms with Crippen LogP contribution in [-0.2, 0) is 0 Å². The van der Waals surface area contributed by atoms with Gasteiger partial charge in [0.05, 0.1) is 33.5 Å². The van der Waals surface area contributed by atoms with E-state index < -0.39 is 0 Å². The summed E-state index contributed by atoms with van der Waals surface area (Å²) in [6, 6.07) is 25.8. The zero-order valence-electron chi connectivity index (χ0n) is 19.4. The van der Waals surface area contributed by atoms with E-state index in [1.807, 2.05) is 72.8 Å². The molecular weight excluding hydrogens is 476 g/mol. The van der Waals surface area contributed by atoms with Crippen molar-refractivity contribution in [3.05, 3.63) is 107 Å². The van der Waals surface area contributed by atoms with Crippen LogP contribution in [0.5, 0.6) is 0 Å². The number of hydrogen-bond acceptors (Lipinski definition) is 8. The lowest BCUT2D eigenvalue weighted by molar-refractivity contribution is 1.02. The Kier molecular flexibility index (Phi) is 5.06. The smallest absolute Gasteiger partial charge is 0.300 e. The van der Waals surface area contributed by atoms with E-state index in [0.717, 1.165) is 0 Å². The Hall–Kier alpha value is -6.36. The highest BCUT2D eigenvalue weighted by atomic mass is 15.4. The van der Waals surface area contributed by atoms with Crippen molar-refractivity contribution in [2.45, 2.75) is 0 Å². The van der Waals surface area contributed by atoms with Crippen LogP contribution in [0.4, 0.5) is 46.3 Å². The molecule has 0 aliphatic carbocycles. The van der Waals surface area contributed by atoms with Crippen molar-refractivity contribution in [3.63, 3.8) is 0 Å². The quantitative estimate of drug-likeness (QED) is 0.253. The van der Waals surface area contributed by atoms with E-state index in [9.17, 15) is 10.5 Å². The van der Waals surface area contributed by atoms with Gasteiger partial charge in [0.1, 0.15) is 12.1 Å². The first-order valence-electron chi connectivity index (χ1n) is 11.2. The molecular formula is C28H12N10. The van der Waals surface area contributed by atoms with Gasteiger partial charge in [-0.25, -0.2) is 9.97 Å². The highest BCUT2D eigenvalue weighted by Crippen LogP contribution is 2.52. The second kappa shape index (κ2) is 8.70. The van der Waals surface area contributed by atoms with Gasteiger partial charge in [-0.15, -0.1) is 9.97 Å². The van der Waals surface area contributed by atoms with Crippen molar-refractivity contribution in [2.75, 3.05) is 9.80 Å². The molecule has 0 atom stereocenters. The predicted molar refractivity (Wildman–Crippen MR) is 140 cm³/mol. The molecule has 0 N–H and O–H groups in total. The number of nitrogens with zero attached hydrogens (tertiary/aromatic N) is 10. The molecule has 0 bridgehead atoms. The van der Waals surface area contributed by atoms with Crippen LogP contribution in [0.2, 0.25) is 0 Å². The van der Waals surface area contributed by atoms with Gasteiger partial charge < -0.3 is 9.69 Å². The fourth-order valence-electron chi connectivity index (χ4n) is 4.26. The van der Waals surface area contributed by atoms with E-state index >= 15 is 0 Å². The number of aromatic nitrogens is 4. The largest absolute Gasteiger partial charge is 0.370 e. The first-order chi connectivity index (χ1) is 18.7. The van der Waals surface area contributed by atoms with Gasteiger partial charge in [0.15, 0.2) is 11.6 Å². The molecule has 3 aromatic carbocycles. The molecule has 0 fully saturated rings. The van der Waals surface area contributed by atoms with Crippen LogP contribution in [0.15, 0.2) is 72.8 Å². The van der Waals surface area contributed by atoms with Crippen LogP contribution in [0.25, 0.3) is 20.7 Å². The number of para-hydroxylation sites is 2. The summed E-state index contributed by atoms with van der Waals surface area (Å²) in [5.74, 6) is 1.11. The topological polar surface area (TPSA) is 114 Å². The summed E-state index contributed by atoms with van der Waals surface area (Å²) in [5.41, 5.74) is 2.57. The average Bonchev–Trinajstić information content (AvgIpc) is 2.98. The third-order valence-electron chi connectivity index (χ3n) is 5.92. The second-order valence-electron chi connectivity index (χ2n) is 8.06. The lowest BCUT2D eigenvalue weighted by atomic mass is 10.1. The van der Waals surface area contributed by atoms with Gasteiger partial charge in [-0.3, -0.25) is 9.80 Å². The van der Waals surface area contributed by atoms with E-state index in [1.54, 1.807) is 9.80 Å². The molecule has 0 radical (unpaired) electrons. The standard InChI is InChI=1S/C28H12N10/c1-31-23-24(32-2)36-28-27(35-23)37(19-9-5-3-6-10-19)25-26(38(28)20-11-7-4-8-12-20)34-22-14-18(16-30)17(15-29)13-21(22)33-25/h3-14H. The molecule has 0 saturated heterocycles. The zero-order valence-corrected chi connectivity index (χ0v) is 19.4. The van der Waals surface area contributed by atoms with E-state index in [4.69, 9.17) is 23.1 Å². The monoisotopic (exact) mass is 488 g/mol. The van der Waals surface area contributed by atoms with E-state index in [0.29, 0.717) is 45.7 Å². The van der Waals surface area contributed by atoms with Crippen molar-refractivity contribution in [3.8, 4) is 12.1 Å². The van der Waals surface area contributed by atoms with E-state index in [1.165, 1.54) is 12.1 Å². The Morgan fingerprint density at radius 1 is 0.579 bits per heavy atom. The Labute approximate surface area is 216 Å². The normalized spacial score (nSPS) is 11.5. The van der Waals surface area contributed by atoms with Crippen molar-refractivity contribution in [1.82, 2.24) is 19.9 Å². The maximum absolute atomic E-state index is 9.57. The number of hydrogen-bond donors (Lipinski definition) is 0. The van der Waals surface area contributed by atoms with Gasteiger partial charge in [-0.05, 0) is 36.4 Å². The van der Waals surface area contributed by atoms with Gasteiger partial charge in [-0.1, -0.05) is 49.5 Å². The molecule has 174 valence electrons. The zero-order chi connectivity index (χ0) is 26.2. The lowest BCUT2D eigenvalue weighted by Crippen LogP contribution is -2.28. The maximum atomic E-state index is 9.57. The molecule has 3 heterocycles. The maximum Gasteiger partial charge on any atom is 0.300 e. The molecule has 0 unspecified atom stereocenters. The van der Waals surface area contributed by atoms with Crippen LogP contribution in [0, 0.1) is 35.8 Å². The first kappa shape index (κ1) is 22.1. The Balaban J connectivity index is 1.76. The molecule has 6 rings (SSSR count). The number of benzene rings is 3. The highest BCUT2D eigenvalue weighted by molar-refractivity contribution is 5.99. The van der Waals surface area contributed by atoms with Gasteiger partial charge in [0.25, 0.3) is 11.6 Å². The van der Waals surface area contributed by atoms with Crippen LogP contribution in [0.1, 0.15) is 11.1 Å². The van der Waals surface area contributed by atoms with Crippen LogP contribution < -0.4 is 9.80 Å². The van der Waals surface area contributed by atoms with Crippen LogP contribution in [-0.4, -0.2) is 19.9 Å². The Bertz CT molecular complexity index is 1780. The molecule has 1 aliphatic rings. The minimum absolute atomic E-state index is 0.129. The molecule has 10 nitrogen and oxygen atoms in total. The predicted octanol–water partition coefficient (Wildman–Crippen LogP) is 6.52. The van der Waals surface area contributed by atoms with E-state index in [2.05, 4.69) is 19.7 Å². The van der Waals surface area contributed by atoms with Crippen LogP contribution >= 0.6 is 0 Å². The third kappa shape index (κ3) is 3.31. The lowest BCUT2D eigenvalue weighted by Gasteiger charge is -2.33. The second-order valence-corrected chi connectivity index (χ2v) is 8.06. The molecule has 10 heteroatoms. The molecule has 0 saturated carbocycles. The number of fused-ring (bicyclic) bond motifs is 3. The van der Waals surface area contributed by atoms with Crippen molar-refractivity contribution in [1.29, 1.82) is 10.5 Å². The summed E-state index contributed by atoms with van der Waals surface area (Å²) in [7, 11) is 0. The van der Waals surface area contributed by atoms with Crippen LogP contribution in [0.3, 0.4) is 0 Å². The van der Waals surface area contributed by atoms with Gasteiger partial charge in [0, 0.05) is 0 Å². The summed E-state index contributed by atoms with van der Waals surface area (Å²) >= 11 is 0.